The summed E-state index contributed by atoms with van der Waals surface area (Å²) in [6.45, 7) is 4.77. The first-order chi connectivity index (χ1) is 15.4. The molecule has 164 valence electrons. The molecule has 0 atom stereocenters. The SMILES string of the molecule is CC1=C(c2ccc(CC(=O)c3ccncc3C)cc2)CN(S(=O)(=O)c2ccccc2)CC1. The minimum Gasteiger partial charge on any atom is -0.294 e. The van der Waals surface area contributed by atoms with Crippen molar-refractivity contribution >= 4 is 21.4 Å². The molecule has 0 spiro atoms. The molecule has 1 aliphatic heterocycles. The van der Waals surface area contributed by atoms with Gasteiger partial charge in [0.1, 0.15) is 0 Å². The second kappa shape index (κ2) is 9.18. The van der Waals surface area contributed by atoms with Gasteiger partial charge >= 0.3 is 0 Å². The van der Waals surface area contributed by atoms with Gasteiger partial charge in [-0.05, 0) is 60.7 Å². The van der Waals surface area contributed by atoms with E-state index in [1.54, 1.807) is 47.0 Å². The summed E-state index contributed by atoms with van der Waals surface area (Å²) in [6.07, 6.45) is 4.35. The smallest absolute Gasteiger partial charge is 0.243 e. The van der Waals surface area contributed by atoms with E-state index < -0.39 is 10.0 Å². The van der Waals surface area contributed by atoms with Crippen LogP contribution in [0.3, 0.4) is 0 Å². The van der Waals surface area contributed by atoms with Crippen LogP contribution in [0.5, 0.6) is 0 Å². The van der Waals surface area contributed by atoms with E-state index in [0.717, 1.165) is 22.3 Å². The van der Waals surface area contributed by atoms with E-state index in [1.807, 2.05) is 37.3 Å². The Morgan fingerprint density at radius 2 is 1.72 bits per heavy atom. The molecule has 1 aliphatic rings. The van der Waals surface area contributed by atoms with Crippen LogP contribution in [-0.4, -0.2) is 36.6 Å². The third kappa shape index (κ3) is 4.56. The van der Waals surface area contributed by atoms with E-state index in [2.05, 4.69) is 11.9 Å². The molecule has 0 N–H and O–H groups in total. The van der Waals surface area contributed by atoms with Crippen molar-refractivity contribution < 1.29 is 13.2 Å². The molecule has 0 fully saturated rings. The highest BCUT2D eigenvalue weighted by Crippen LogP contribution is 2.30. The Morgan fingerprint density at radius 1 is 1.00 bits per heavy atom. The number of carbonyl (C=O) groups excluding carboxylic acids is 1. The summed E-state index contributed by atoms with van der Waals surface area (Å²) in [4.78, 5) is 17.0. The van der Waals surface area contributed by atoms with Crippen LogP contribution in [0.15, 0.2) is 83.5 Å². The van der Waals surface area contributed by atoms with E-state index in [4.69, 9.17) is 0 Å². The third-order valence-electron chi connectivity index (χ3n) is 5.95. The van der Waals surface area contributed by atoms with Crippen molar-refractivity contribution in [2.75, 3.05) is 13.1 Å². The Hall–Kier alpha value is -3.09. The van der Waals surface area contributed by atoms with Gasteiger partial charge in [0.05, 0.1) is 4.90 Å². The molecule has 1 aromatic heterocycles. The van der Waals surface area contributed by atoms with Crippen LogP contribution in [0.1, 0.15) is 40.4 Å². The quantitative estimate of drug-likeness (QED) is 0.516. The Labute approximate surface area is 189 Å². The summed E-state index contributed by atoms with van der Waals surface area (Å²) < 4.78 is 27.7. The summed E-state index contributed by atoms with van der Waals surface area (Å²) in [6, 6.07) is 18.2. The Balaban J connectivity index is 1.52. The van der Waals surface area contributed by atoms with Crippen LogP contribution in [-0.2, 0) is 16.4 Å². The van der Waals surface area contributed by atoms with Crippen LogP contribution < -0.4 is 0 Å². The molecule has 4 rings (SSSR count). The average molecular weight is 447 g/mol. The summed E-state index contributed by atoms with van der Waals surface area (Å²) >= 11 is 0. The molecule has 32 heavy (non-hydrogen) atoms. The number of hydrogen-bond acceptors (Lipinski definition) is 4. The molecule has 0 saturated carbocycles. The van der Waals surface area contributed by atoms with Gasteiger partial charge in [0.2, 0.25) is 10.0 Å². The zero-order chi connectivity index (χ0) is 22.7. The normalized spacial score (nSPS) is 15.1. The van der Waals surface area contributed by atoms with Gasteiger partial charge in [0, 0.05) is 37.5 Å². The van der Waals surface area contributed by atoms with Crippen LogP contribution >= 0.6 is 0 Å². The highest BCUT2D eigenvalue weighted by molar-refractivity contribution is 7.89. The number of aryl methyl sites for hydroxylation is 1. The van der Waals surface area contributed by atoms with Gasteiger partial charge in [0.25, 0.3) is 0 Å². The molecule has 0 unspecified atom stereocenters. The van der Waals surface area contributed by atoms with E-state index in [9.17, 15) is 13.2 Å². The van der Waals surface area contributed by atoms with Gasteiger partial charge in [-0.2, -0.15) is 4.31 Å². The fourth-order valence-corrected chi connectivity index (χ4v) is 5.44. The predicted octanol–water partition coefficient (Wildman–Crippen LogP) is 4.68. The van der Waals surface area contributed by atoms with Crippen molar-refractivity contribution in [3.63, 3.8) is 0 Å². The van der Waals surface area contributed by atoms with Crippen molar-refractivity contribution in [3.05, 3.63) is 101 Å². The first kappa shape index (κ1) is 22.1. The van der Waals surface area contributed by atoms with Gasteiger partial charge < -0.3 is 0 Å². The van der Waals surface area contributed by atoms with Crippen molar-refractivity contribution in [2.45, 2.75) is 31.6 Å². The molecule has 0 saturated heterocycles. The van der Waals surface area contributed by atoms with E-state index in [0.29, 0.717) is 36.4 Å². The predicted molar refractivity (Wildman–Crippen MR) is 126 cm³/mol. The van der Waals surface area contributed by atoms with Crippen LogP contribution in [0.4, 0.5) is 0 Å². The summed E-state index contributed by atoms with van der Waals surface area (Å²) in [5.74, 6) is 0.0610. The summed E-state index contributed by atoms with van der Waals surface area (Å²) in [5, 5.41) is 0. The van der Waals surface area contributed by atoms with E-state index in [-0.39, 0.29) is 5.78 Å². The second-order valence-electron chi connectivity index (χ2n) is 8.15. The Morgan fingerprint density at radius 3 is 2.41 bits per heavy atom. The highest BCUT2D eigenvalue weighted by Gasteiger charge is 2.28. The van der Waals surface area contributed by atoms with Crippen molar-refractivity contribution in [1.29, 1.82) is 0 Å². The van der Waals surface area contributed by atoms with Crippen LogP contribution in [0.2, 0.25) is 0 Å². The molecule has 2 heterocycles. The van der Waals surface area contributed by atoms with Crippen molar-refractivity contribution in [3.8, 4) is 0 Å². The zero-order valence-electron chi connectivity index (χ0n) is 18.3. The maximum Gasteiger partial charge on any atom is 0.243 e. The van der Waals surface area contributed by atoms with Gasteiger partial charge in [-0.1, -0.05) is 48.0 Å². The molecule has 0 radical (unpaired) electrons. The zero-order valence-corrected chi connectivity index (χ0v) is 19.1. The fraction of sp³-hybridized carbons (Fsp3) is 0.231. The maximum absolute atomic E-state index is 13.1. The topological polar surface area (TPSA) is 67.3 Å². The molecule has 0 aliphatic carbocycles. The molecule has 5 nitrogen and oxygen atoms in total. The molecular formula is C26H26N2O3S. The van der Waals surface area contributed by atoms with E-state index in [1.165, 1.54) is 5.57 Å². The van der Waals surface area contributed by atoms with Crippen molar-refractivity contribution in [1.82, 2.24) is 9.29 Å². The lowest BCUT2D eigenvalue weighted by atomic mass is 9.94. The molecule has 6 heteroatoms. The van der Waals surface area contributed by atoms with Gasteiger partial charge in [-0.25, -0.2) is 8.42 Å². The van der Waals surface area contributed by atoms with Gasteiger partial charge in [0.15, 0.2) is 5.78 Å². The summed E-state index contributed by atoms with van der Waals surface area (Å²) in [7, 11) is -3.54. The third-order valence-corrected chi connectivity index (χ3v) is 7.81. The number of hydrogen-bond donors (Lipinski definition) is 0. The Kier molecular flexibility index (Phi) is 6.35. The van der Waals surface area contributed by atoms with E-state index >= 15 is 0 Å². The van der Waals surface area contributed by atoms with Crippen LogP contribution in [0.25, 0.3) is 5.57 Å². The molecule has 3 aromatic rings. The number of ketones is 1. The molecule has 0 amide bonds. The standard InChI is InChI=1S/C26H26N2O3S/c1-19-13-15-28(32(30,31)23-6-4-3-5-7-23)18-25(19)22-10-8-21(9-11-22)16-26(29)24-12-14-27-17-20(24)2/h3-12,14,17H,13,15-16,18H2,1-2H3. The number of nitrogens with zero attached hydrogens (tertiary/aromatic N) is 2. The number of carbonyl (C=O) groups is 1. The first-order valence-electron chi connectivity index (χ1n) is 10.6. The maximum atomic E-state index is 13.1. The fourth-order valence-electron chi connectivity index (χ4n) is 4.01. The molecule has 0 bridgehead atoms. The van der Waals surface area contributed by atoms with Gasteiger partial charge in [-0.15, -0.1) is 0 Å². The lowest BCUT2D eigenvalue weighted by Gasteiger charge is -2.29. The number of sulfonamides is 1. The number of rotatable bonds is 6. The monoisotopic (exact) mass is 446 g/mol. The Bertz CT molecular complexity index is 1260. The lowest BCUT2D eigenvalue weighted by Crippen LogP contribution is -2.36. The van der Waals surface area contributed by atoms with Crippen molar-refractivity contribution in [2.24, 2.45) is 0 Å². The number of Topliss-reactive ketones (excluding diaryl/α,β-unsaturated/α-hetero) is 1. The second-order valence-corrected chi connectivity index (χ2v) is 10.1. The molecular weight excluding hydrogens is 420 g/mol. The largest absolute Gasteiger partial charge is 0.294 e. The first-order valence-corrected chi connectivity index (χ1v) is 12.1. The molecule has 2 aromatic carbocycles. The van der Waals surface area contributed by atoms with Crippen LogP contribution in [0, 0.1) is 6.92 Å². The number of pyridine rings is 1. The number of benzene rings is 2. The average Bonchev–Trinajstić information content (AvgIpc) is 2.80. The van der Waals surface area contributed by atoms with Gasteiger partial charge in [-0.3, -0.25) is 9.78 Å². The number of aromatic nitrogens is 1. The minimum atomic E-state index is -3.54. The lowest BCUT2D eigenvalue weighted by molar-refractivity contribution is 0.0992. The summed E-state index contributed by atoms with van der Waals surface area (Å²) in [5.41, 5.74) is 5.71. The minimum absolute atomic E-state index is 0.0610. The highest BCUT2D eigenvalue weighted by atomic mass is 32.2.